The molecule has 8 nitrogen and oxygen atoms in total. The Kier molecular flexibility index (Phi) is 5.56. The zero-order valence-electron chi connectivity index (χ0n) is 19.4. The van der Waals surface area contributed by atoms with Crippen LogP contribution in [0.1, 0.15) is 59.3 Å². The molecule has 0 atom stereocenters. The summed E-state index contributed by atoms with van der Waals surface area (Å²) in [6.07, 6.45) is 7.92. The fraction of sp³-hybridized carbons (Fsp3) is 0.385. The maximum absolute atomic E-state index is 14.9. The summed E-state index contributed by atoms with van der Waals surface area (Å²) >= 11 is 0. The Morgan fingerprint density at radius 1 is 1.06 bits per heavy atom. The number of amides is 1. The number of pyridine rings is 1. The molecule has 2 saturated carbocycles. The number of fused-ring (bicyclic) bond motifs is 1. The number of hydrogen-bond donors (Lipinski definition) is 4. The van der Waals surface area contributed by atoms with Crippen LogP contribution in [-0.2, 0) is 18.6 Å². The summed E-state index contributed by atoms with van der Waals surface area (Å²) in [5, 5.41) is 12.9. The van der Waals surface area contributed by atoms with E-state index in [0.717, 1.165) is 44.5 Å². The van der Waals surface area contributed by atoms with E-state index in [9.17, 15) is 9.18 Å². The zero-order valence-corrected chi connectivity index (χ0v) is 19.4. The molecule has 0 radical (unpaired) electrons. The molecule has 0 spiro atoms. The smallest absolute Gasteiger partial charge is 0.256 e. The molecule has 1 aromatic carbocycles. The molecule has 180 valence electrons. The van der Waals surface area contributed by atoms with E-state index in [1.54, 1.807) is 18.3 Å². The topological polar surface area (TPSA) is 104 Å². The summed E-state index contributed by atoms with van der Waals surface area (Å²) in [6.45, 7) is 1.82. The van der Waals surface area contributed by atoms with Crippen LogP contribution in [0.5, 0.6) is 0 Å². The van der Waals surface area contributed by atoms with E-state index in [2.05, 4.69) is 48.4 Å². The minimum atomic E-state index is -1.37. The Bertz CT molecular complexity index is 1270. The Labute approximate surface area is 203 Å². The van der Waals surface area contributed by atoms with Crippen molar-refractivity contribution in [2.24, 2.45) is 0 Å². The Morgan fingerprint density at radius 3 is 2.71 bits per heavy atom. The number of nitrogens with zero attached hydrogens (tertiary/aromatic N) is 3. The second-order valence-corrected chi connectivity index (χ2v) is 9.61. The summed E-state index contributed by atoms with van der Waals surface area (Å²) in [5.41, 5.74) is 3.48. The third-order valence-corrected chi connectivity index (χ3v) is 6.92. The number of carbonyl (C=O) groups is 1. The Hall–Kier alpha value is -3.59. The molecule has 35 heavy (non-hydrogen) atoms. The highest BCUT2D eigenvalue weighted by molar-refractivity contribution is 5.99. The summed E-state index contributed by atoms with van der Waals surface area (Å²) in [4.78, 5) is 26.2. The lowest BCUT2D eigenvalue weighted by Crippen LogP contribution is -2.29. The van der Waals surface area contributed by atoms with Gasteiger partial charge in [0.2, 0.25) is 5.95 Å². The molecule has 2 aliphatic carbocycles. The number of anilines is 4. The molecule has 1 aliphatic heterocycles. The van der Waals surface area contributed by atoms with Crippen molar-refractivity contribution < 1.29 is 9.18 Å². The number of carbonyl (C=O) groups excluding carboxylic acids is 1. The van der Waals surface area contributed by atoms with Gasteiger partial charge in [-0.05, 0) is 80.5 Å². The van der Waals surface area contributed by atoms with E-state index in [1.165, 1.54) is 17.3 Å². The summed E-state index contributed by atoms with van der Waals surface area (Å²) in [6, 6.07) is 9.89. The minimum absolute atomic E-state index is 0.204. The second-order valence-electron chi connectivity index (χ2n) is 9.61. The number of alkyl halides is 1. The fourth-order valence-corrected chi connectivity index (χ4v) is 4.52. The number of rotatable bonds is 7. The molecule has 9 heteroatoms. The molecular formula is C26H28FN7O. The second kappa shape index (κ2) is 8.88. The lowest BCUT2D eigenvalue weighted by atomic mass is 9.79. The van der Waals surface area contributed by atoms with Gasteiger partial charge in [0.05, 0.1) is 5.69 Å². The molecule has 2 fully saturated rings. The van der Waals surface area contributed by atoms with Crippen molar-refractivity contribution in [2.45, 2.75) is 56.8 Å². The average molecular weight is 474 g/mol. The summed E-state index contributed by atoms with van der Waals surface area (Å²) in [5.74, 6) is 0.505. The van der Waals surface area contributed by atoms with E-state index in [0.29, 0.717) is 41.6 Å². The van der Waals surface area contributed by atoms with E-state index < -0.39 is 5.67 Å². The van der Waals surface area contributed by atoms with Crippen molar-refractivity contribution in [3.8, 4) is 0 Å². The van der Waals surface area contributed by atoms with E-state index in [4.69, 9.17) is 0 Å². The van der Waals surface area contributed by atoms with Gasteiger partial charge >= 0.3 is 0 Å². The van der Waals surface area contributed by atoms with Crippen LogP contribution in [0.2, 0.25) is 0 Å². The highest BCUT2D eigenvalue weighted by Gasteiger charge is 2.40. The van der Waals surface area contributed by atoms with Gasteiger partial charge in [-0.15, -0.1) is 0 Å². The minimum Gasteiger partial charge on any atom is -0.349 e. The first kappa shape index (κ1) is 21.9. The average Bonchev–Trinajstić information content (AvgIpc) is 3.67. The van der Waals surface area contributed by atoms with Gasteiger partial charge in [-0.1, -0.05) is 6.07 Å². The zero-order chi connectivity index (χ0) is 23.8. The van der Waals surface area contributed by atoms with Crippen LogP contribution in [-0.4, -0.2) is 33.4 Å². The predicted molar refractivity (Wildman–Crippen MR) is 132 cm³/mol. The highest BCUT2D eigenvalue weighted by atomic mass is 19.1. The monoisotopic (exact) mass is 473 g/mol. The van der Waals surface area contributed by atoms with Gasteiger partial charge in [-0.2, -0.15) is 4.98 Å². The lowest BCUT2D eigenvalue weighted by Gasteiger charge is -2.33. The number of halogens is 1. The van der Waals surface area contributed by atoms with E-state index in [1.807, 2.05) is 6.07 Å². The van der Waals surface area contributed by atoms with Gasteiger partial charge in [-0.3, -0.25) is 9.78 Å². The molecule has 0 unspecified atom stereocenters. The van der Waals surface area contributed by atoms with Gasteiger partial charge < -0.3 is 21.3 Å². The van der Waals surface area contributed by atoms with Crippen molar-refractivity contribution in [1.29, 1.82) is 0 Å². The molecule has 3 aliphatic rings. The Balaban J connectivity index is 1.29. The first-order chi connectivity index (χ1) is 17.1. The molecule has 0 bridgehead atoms. The van der Waals surface area contributed by atoms with Gasteiger partial charge in [0.15, 0.2) is 5.67 Å². The highest BCUT2D eigenvalue weighted by Crippen LogP contribution is 2.44. The van der Waals surface area contributed by atoms with Gasteiger partial charge in [0.1, 0.15) is 11.4 Å². The third-order valence-electron chi connectivity index (χ3n) is 6.92. The lowest BCUT2D eigenvalue weighted by molar-refractivity contribution is 0.0561. The standard InChI is InChI=1S/C26H28FN7O/c27-26(8-1-9-26)22-13-20(7-11-29-22)31-23-21(24(35)32-18-4-5-18)15-30-25(34-23)33-19-3-2-16-6-10-28-14-17(16)12-19/h2-3,7,11-13,15,18,28H,1,4-6,8-10,14H2,(H,32,35)(H2,29,30,31,33,34). The maximum Gasteiger partial charge on any atom is 0.256 e. The van der Waals surface area contributed by atoms with Crippen molar-refractivity contribution in [2.75, 3.05) is 17.2 Å². The summed E-state index contributed by atoms with van der Waals surface area (Å²) < 4.78 is 14.9. The molecule has 0 saturated heterocycles. The molecule has 2 aromatic heterocycles. The van der Waals surface area contributed by atoms with E-state index >= 15 is 0 Å². The van der Waals surface area contributed by atoms with Crippen LogP contribution in [0.4, 0.5) is 27.5 Å². The van der Waals surface area contributed by atoms with Crippen LogP contribution in [0.15, 0.2) is 42.7 Å². The SMILES string of the molecule is O=C(NC1CC1)c1cnc(Nc2ccc3c(c2)CNCC3)nc1Nc1ccnc(C2(F)CCC2)c1. The van der Waals surface area contributed by atoms with Crippen molar-refractivity contribution in [3.63, 3.8) is 0 Å². The molecule has 6 rings (SSSR count). The maximum atomic E-state index is 14.9. The molecule has 1 amide bonds. The molecule has 3 aromatic rings. The van der Waals surface area contributed by atoms with Gasteiger partial charge in [0, 0.05) is 36.4 Å². The van der Waals surface area contributed by atoms with Crippen LogP contribution in [0, 0.1) is 0 Å². The van der Waals surface area contributed by atoms with Crippen LogP contribution in [0.25, 0.3) is 0 Å². The van der Waals surface area contributed by atoms with Gasteiger partial charge in [-0.25, -0.2) is 9.37 Å². The molecule has 4 N–H and O–H groups in total. The van der Waals surface area contributed by atoms with Crippen LogP contribution < -0.4 is 21.3 Å². The first-order valence-electron chi connectivity index (χ1n) is 12.3. The number of aromatic nitrogens is 3. The largest absolute Gasteiger partial charge is 0.349 e. The van der Waals surface area contributed by atoms with Crippen LogP contribution in [0.3, 0.4) is 0 Å². The van der Waals surface area contributed by atoms with E-state index in [-0.39, 0.29) is 11.9 Å². The molecule has 3 heterocycles. The van der Waals surface area contributed by atoms with Crippen molar-refractivity contribution in [1.82, 2.24) is 25.6 Å². The molecular weight excluding hydrogens is 445 g/mol. The predicted octanol–water partition coefficient (Wildman–Crippen LogP) is 4.25. The number of benzene rings is 1. The number of hydrogen-bond acceptors (Lipinski definition) is 7. The van der Waals surface area contributed by atoms with Crippen LogP contribution >= 0.6 is 0 Å². The third kappa shape index (κ3) is 4.68. The number of nitrogens with one attached hydrogen (secondary N) is 4. The van der Waals surface area contributed by atoms with Crippen molar-refractivity contribution in [3.05, 3.63) is 65.1 Å². The normalized spacial score (nSPS) is 18.2. The first-order valence-corrected chi connectivity index (χ1v) is 12.3. The quantitative estimate of drug-likeness (QED) is 0.407. The Morgan fingerprint density at radius 2 is 1.91 bits per heavy atom. The van der Waals surface area contributed by atoms with Crippen molar-refractivity contribution >= 4 is 29.0 Å². The summed E-state index contributed by atoms with van der Waals surface area (Å²) in [7, 11) is 0. The van der Waals surface area contributed by atoms with Gasteiger partial charge in [0.25, 0.3) is 5.91 Å². The fourth-order valence-electron chi connectivity index (χ4n) is 4.52.